The molecule has 3 rings (SSSR count). The lowest BCUT2D eigenvalue weighted by Crippen LogP contribution is -2.49. The molecule has 2 heterocycles. The van der Waals surface area contributed by atoms with Gasteiger partial charge in [-0.2, -0.15) is 0 Å². The van der Waals surface area contributed by atoms with E-state index in [1.807, 2.05) is 49.5 Å². The third kappa shape index (κ3) is 4.63. The Morgan fingerprint density at radius 2 is 2.07 bits per heavy atom. The van der Waals surface area contributed by atoms with Crippen LogP contribution in [-0.4, -0.2) is 48.3 Å². The number of allylic oxidation sites excluding steroid dienone is 1. The molecule has 27 heavy (non-hydrogen) atoms. The van der Waals surface area contributed by atoms with Crippen molar-refractivity contribution < 1.29 is 14.3 Å². The molecular formula is C21H29N3O3. The van der Waals surface area contributed by atoms with Gasteiger partial charge in [-0.1, -0.05) is 12.1 Å². The maximum absolute atomic E-state index is 12.6. The van der Waals surface area contributed by atoms with E-state index in [1.54, 1.807) is 0 Å². The highest BCUT2D eigenvalue weighted by atomic mass is 16.7. The van der Waals surface area contributed by atoms with Gasteiger partial charge in [0.2, 0.25) is 12.7 Å². The number of rotatable bonds is 7. The second-order valence-corrected chi connectivity index (χ2v) is 7.13. The lowest BCUT2D eigenvalue weighted by atomic mass is 10.1. The number of carbonyl (C=O) groups is 1. The summed E-state index contributed by atoms with van der Waals surface area (Å²) in [5.41, 5.74) is 1.99. The molecule has 1 aromatic rings. The van der Waals surface area contributed by atoms with Gasteiger partial charge in [-0.05, 0) is 64.6 Å². The average Bonchev–Trinajstić information content (AvgIpc) is 3.15. The van der Waals surface area contributed by atoms with Crippen molar-refractivity contribution in [3.05, 3.63) is 47.8 Å². The van der Waals surface area contributed by atoms with Gasteiger partial charge in [-0.3, -0.25) is 9.69 Å². The second kappa shape index (κ2) is 8.48. The summed E-state index contributed by atoms with van der Waals surface area (Å²) in [6.07, 6.45) is 7.43. The number of nitrogens with one attached hydrogen (secondary N) is 1. The summed E-state index contributed by atoms with van der Waals surface area (Å²) >= 11 is 0. The molecule has 0 spiro atoms. The first-order chi connectivity index (χ1) is 13.0. The molecule has 0 aromatic heterocycles. The molecule has 2 aliphatic heterocycles. The number of hydrogen-bond acceptors (Lipinski definition) is 5. The van der Waals surface area contributed by atoms with Crippen molar-refractivity contribution in [2.45, 2.75) is 45.8 Å². The molecule has 146 valence electrons. The molecule has 0 bridgehead atoms. The molecule has 6 nitrogen and oxygen atoms in total. The van der Waals surface area contributed by atoms with Gasteiger partial charge >= 0.3 is 0 Å². The summed E-state index contributed by atoms with van der Waals surface area (Å²) in [6, 6.07) is 6.32. The summed E-state index contributed by atoms with van der Waals surface area (Å²) in [7, 11) is 2.04. The maximum Gasteiger partial charge on any atom is 0.250 e. The van der Waals surface area contributed by atoms with Gasteiger partial charge in [0.1, 0.15) is 0 Å². The molecule has 2 unspecified atom stereocenters. The van der Waals surface area contributed by atoms with Gasteiger partial charge in [0, 0.05) is 24.4 Å². The smallest absolute Gasteiger partial charge is 0.250 e. The van der Waals surface area contributed by atoms with Gasteiger partial charge in [0.05, 0.1) is 6.17 Å². The second-order valence-electron chi connectivity index (χ2n) is 7.13. The first kappa shape index (κ1) is 19.3. The Hall–Kier alpha value is -2.47. The molecule has 1 aromatic carbocycles. The Kier molecular flexibility index (Phi) is 6.06. The molecule has 2 atom stereocenters. The molecule has 0 saturated heterocycles. The Bertz CT molecular complexity index is 744. The van der Waals surface area contributed by atoms with Gasteiger partial charge in [-0.15, -0.1) is 0 Å². The monoisotopic (exact) mass is 371 g/mol. The van der Waals surface area contributed by atoms with E-state index >= 15 is 0 Å². The van der Waals surface area contributed by atoms with E-state index in [4.69, 9.17) is 9.47 Å². The SMILES string of the molecule is CCN1C=CCC(C(=O)NC(C)N(C)C(C)Cc2ccc3c(c2)OCO3)=C1. The van der Waals surface area contributed by atoms with Crippen molar-refractivity contribution in [3.8, 4) is 11.5 Å². The fraction of sp³-hybridized carbons (Fsp3) is 0.476. The predicted octanol–water partition coefficient (Wildman–Crippen LogP) is 2.86. The summed E-state index contributed by atoms with van der Waals surface area (Å²) in [5.74, 6) is 1.60. The van der Waals surface area contributed by atoms with Gasteiger partial charge in [0.15, 0.2) is 11.5 Å². The Balaban J connectivity index is 1.55. The first-order valence-electron chi connectivity index (χ1n) is 9.52. The standard InChI is InChI=1S/C21H29N3O3/c1-5-24-10-6-7-18(13-24)21(25)22-16(3)23(4)15(2)11-17-8-9-19-20(12-17)27-14-26-19/h6,8-10,12-13,15-16H,5,7,11,14H2,1-4H3,(H,22,25). The minimum absolute atomic E-state index is 0.00701. The molecule has 0 radical (unpaired) electrons. The normalized spacial score (nSPS) is 17.7. The molecule has 6 heteroatoms. The molecule has 1 amide bonds. The van der Waals surface area contributed by atoms with Gasteiger partial charge in [-0.25, -0.2) is 0 Å². The fourth-order valence-corrected chi connectivity index (χ4v) is 3.28. The van der Waals surface area contributed by atoms with Gasteiger partial charge in [0.25, 0.3) is 0 Å². The van der Waals surface area contributed by atoms with Crippen molar-refractivity contribution in [3.63, 3.8) is 0 Å². The van der Waals surface area contributed by atoms with E-state index in [0.29, 0.717) is 6.42 Å². The average molecular weight is 371 g/mol. The fourth-order valence-electron chi connectivity index (χ4n) is 3.28. The van der Waals surface area contributed by atoms with Crippen LogP contribution in [0.2, 0.25) is 0 Å². The zero-order valence-electron chi connectivity index (χ0n) is 16.6. The number of fused-ring (bicyclic) bond motifs is 1. The van der Waals surface area contributed by atoms with E-state index < -0.39 is 0 Å². The van der Waals surface area contributed by atoms with Crippen molar-refractivity contribution in [2.75, 3.05) is 20.4 Å². The molecular weight excluding hydrogens is 342 g/mol. The number of ether oxygens (including phenoxy) is 2. The molecule has 0 saturated carbocycles. The highest BCUT2D eigenvalue weighted by Gasteiger charge is 2.21. The van der Waals surface area contributed by atoms with Crippen LogP contribution >= 0.6 is 0 Å². The number of likely N-dealkylation sites (N-methyl/N-ethyl adjacent to an activating group) is 1. The van der Waals surface area contributed by atoms with Crippen molar-refractivity contribution in [2.24, 2.45) is 0 Å². The highest BCUT2D eigenvalue weighted by Crippen LogP contribution is 2.33. The van der Waals surface area contributed by atoms with Crippen LogP contribution in [0.1, 0.15) is 32.8 Å². The van der Waals surface area contributed by atoms with Crippen LogP contribution in [0.5, 0.6) is 11.5 Å². The summed E-state index contributed by atoms with van der Waals surface area (Å²) < 4.78 is 10.8. The minimum Gasteiger partial charge on any atom is -0.454 e. The molecule has 2 aliphatic rings. The van der Waals surface area contributed by atoms with Crippen LogP contribution in [0.3, 0.4) is 0 Å². The first-order valence-corrected chi connectivity index (χ1v) is 9.52. The number of hydrogen-bond donors (Lipinski definition) is 1. The van der Waals surface area contributed by atoms with Crippen LogP contribution in [0.15, 0.2) is 42.2 Å². The largest absolute Gasteiger partial charge is 0.454 e. The van der Waals surface area contributed by atoms with Crippen LogP contribution in [0.4, 0.5) is 0 Å². The van der Waals surface area contributed by atoms with Crippen molar-refractivity contribution in [1.29, 1.82) is 0 Å². The Morgan fingerprint density at radius 3 is 2.85 bits per heavy atom. The summed E-state index contributed by atoms with van der Waals surface area (Å²) in [5, 5.41) is 3.12. The van der Waals surface area contributed by atoms with Crippen LogP contribution in [0.25, 0.3) is 0 Å². The van der Waals surface area contributed by atoms with E-state index in [2.05, 4.69) is 30.1 Å². The lowest BCUT2D eigenvalue weighted by Gasteiger charge is -2.32. The third-order valence-corrected chi connectivity index (χ3v) is 5.23. The maximum atomic E-state index is 12.6. The zero-order chi connectivity index (χ0) is 19.4. The van der Waals surface area contributed by atoms with E-state index in [9.17, 15) is 4.79 Å². The quantitative estimate of drug-likeness (QED) is 0.747. The lowest BCUT2D eigenvalue weighted by molar-refractivity contribution is -0.119. The van der Waals surface area contributed by atoms with E-state index in [-0.39, 0.29) is 24.9 Å². The number of benzene rings is 1. The van der Waals surface area contributed by atoms with E-state index in [0.717, 1.165) is 30.0 Å². The summed E-state index contributed by atoms with van der Waals surface area (Å²) in [4.78, 5) is 16.8. The minimum atomic E-state index is -0.0663. The zero-order valence-corrected chi connectivity index (χ0v) is 16.6. The van der Waals surface area contributed by atoms with Gasteiger partial charge < -0.3 is 19.7 Å². The number of carbonyl (C=O) groups excluding carboxylic acids is 1. The van der Waals surface area contributed by atoms with Crippen LogP contribution in [0, 0.1) is 0 Å². The Morgan fingerprint density at radius 1 is 1.30 bits per heavy atom. The predicted molar refractivity (Wildman–Crippen MR) is 105 cm³/mol. The number of amides is 1. The third-order valence-electron chi connectivity index (χ3n) is 5.23. The van der Waals surface area contributed by atoms with Crippen LogP contribution in [-0.2, 0) is 11.2 Å². The van der Waals surface area contributed by atoms with Crippen molar-refractivity contribution in [1.82, 2.24) is 15.1 Å². The summed E-state index contributed by atoms with van der Waals surface area (Å²) in [6.45, 7) is 7.39. The Labute approximate surface area is 161 Å². The van der Waals surface area contributed by atoms with E-state index in [1.165, 1.54) is 5.56 Å². The highest BCUT2D eigenvalue weighted by molar-refractivity contribution is 5.93. The molecule has 0 fully saturated rings. The topological polar surface area (TPSA) is 54.0 Å². The number of nitrogens with zero attached hydrogens (tertiary/aromatic N) is 2. The van der Waals surface area contributed by atoms with Crippen molar-refractivity contribution >= 4 is 5.91 Å². The molecule has 0 aliphatic carbocycles. The molecule has 1 N–H and O–H groups in total. The van der Waals surface area contributed by atoms with Crippen LogP contribution < -0.4 is 14.8 Å².